The molecule has 0 amide bonds. The molecule has 0 spiro atoms. The maximum Gasteiger partial charge on any atom is 0.243 e. The van der Waals surface area contributed by atoms with E-state index in [1.807, 2.05) is 52.0 Å². The maximum atomic E-state index is 12.7. The largest absolute Gasteiger partial charge is 0.465 e. The highest BCUT2D eigenvalue weighted by Gasteiger charge is 2.23. The second kappa shape index (κ2) is 7.19. The molecule has 1 N–H and O–H groups in total. The van der Waals surface area contributed by atoms with Crippen molar-refractivity contribution in [1.29, 1.82) is 0 Å². The zero-order valence-electron chi connectivity index (χ0n) is 14.1. The van der Waals surface area contributed by atoms with Crippen molar-refractivity contribution >= 4 is 15.7 Å². The minimum Gasteiger partial charge on any atom is -0.465 e. The smallest absolute Gasteiger partial charge is 0.243 e. The summed E-state index contributed by atoms with van der Waals surface area (Å²) in [6.07, 6.45) is 0. The molecule has 1 aromatic heterocycles. The van der Waals surface area contributed by atoms with Gasteiger partial charge in [0.1, 0.15) is 11.5 Å². The summed E-state index contributed by atoms with van der Waals surface area (Å²) in [5, 5.41) is 3.21. The number of sulfonamides is 1. The highest BCUT2D eigenvalue weighted by Crippen LogP contribution is 2.24. The Morgan fingerprint density at radius 2 is 1.78 bits per heavy atom. The summed E-state index contributed by atoms with van der Waals surface area (Å²) in [5.41, 5.74) is 1.51. The summed E-state index contributed by atoms with van der Waals surface area (Å²) in [6, 6.07) is 9.21. The molecule has 23 heavy (non-hydrogen) atoms. The molecule has 2 rings (SSSR count). The van der Waals surface area contributed by atoms with Crippen molar-refractivity contribution in [2.45, 2.75) is 39.1 Å². The summed E-state index contributed by atoms with van der Waals surface area (Å²) < 4.78 is 32.4. The topological polar surface area (TPSA) is 62.6 Å². The molecule has 0 atom stereocenters. The van der Waals surface area contributed by atoms with Crippen molar-refractivity contribution in [1.82, 2.24) is 4.31 Å². The van der Waals surface area contributed by atoms with Gasteiger partial charge < -0.3 is 9.73 Å². The Hall–Kier alpha value is -1.79. The monoisotopic (exact) mass is 336 g/mol. The van der Waals surface area contributed by atoms with E-state index in [1.54, 1.807) is 6.07 Å². The Labute approximate surface area is 138 Å². The number of nitrogens with zero attached hydrogens (tertiary/aromatic N) is 1. The van der Waals surface area contributed by atoms with E-state index in [-0.39, 0.29) is 0 Å². The van der Waals surface area contributed by atoms with Crippen molar-refractivity contribution in [3.63, 3.8) is 0 Å². The zero-order valence-corrected chi connectivity index (χ0v) is 14.9. The second-order valence-corrected chi connectivity index (χ2v) is 7.34. The zero-order chi connectivity index (χ0) is 17.0. The summed E-state index contributed by atoms with van der Waals surface area (Å²) in [6.45, 7) is 8.83. The Balaban J connectivity index is 2.25. The summed E-state index contributed by atoms with van der Waals surface area (Å²) in [4.78, 5) is 0.349. The van der Waals surface area contributed by atoms with Gasteiger partial charge in [0.05, 0.1) is 11.4 Å². The highest BCUT2D eigenvalue weighted by molar-refractivity contribution is 7.89. The van der Waals surface area contributed by atoms with Crippen molar-refractivity contribution < 1.29 is 12.8 Å². The summed E-state index contributed by atoms with van der Waals surface area (Å²) in [5.74, 6) is 1.67. The van der Waals surface area contributed by atoms with Crippen LogP contribution in [0.1, 0.15) is 30.9 Å². The second-order valence-electron chi connectivity index (χ2n) is 5.44. The van der Waals surface area contributed by atoms with Crippen LogP contribution in [-0.2, 0) is 16.6 Å². The van der Waals surface area contributed by atoms with Crippen LogP contribution in [0.5, 0.6) is 0 Å². The van der Waals surface area contributed by atoms with Gasteiger partial charge in [0, 0.05) is 18.8 Å². The number of aryl methyl sites for hydroxylation is 2. The van der Waals surface area contributed by atoms with Crippen LogP contribution in [0.15, 0.2) is 39.6 Å². The van der Waals surface area contributed by atoms with E-state index in [2.05, 4.69) is 5.32 Å². The van der Waals surface area contributed by atoms with Crippen LogP contribution < -0.4 is 5.32 Å². The van der Waals surface area contributed by atoms with Gasteiger partial charge in [0.15, 0.2) is 0 Å². The molecule has 0 saturated heterocycles. The fourth-order valence-corrected chi connectivity index (χ4v) is 4.17. The maximum absolute atomic E-state index is 12.7. The third-order valence-corrected chi connectivity index (χ3v) is 5.97. The number of nitrogens with one attached hydrogen (secondary N) is 1. The molecule has 0 saturated carbocycles. The van der Waals surface area contributed by atoms with Crippen LogP contribution >= 0.6 is 0 Å². The molecular weight excluding hydrogens is 312 g/mol. The summed E-state index contributed by atoms with van der Waals surface area (Å²) >= 11 is 0. The minimum absolute atomic E-state index is 0.349. The number of benzene rings is 1. The molecule has 1 heterocycles. The first-order chi connectivity index (χ1) is 10.9. The standard InChI is InChI=1S/C17H24N2O3S/c1-5-19(6-2)23(20,21)17-11-15(9-7-13(17)3)18-12-16-10-8-14(4)22-16/h7-11,18H,5-6,12H2,1-4H3. The molecule has 1 aromatic carbocycles. The third kappa shape index (κ3) is 3.95. The van der Waals surface area contributed by atoms with Gasteiger partial charge >= 0.3 is 0 Å². The van der Waals surface area contributed by atoms with E-state index in [4.69, 9.17) is 4.42 Å². The van der Waals surface area contributed by atoms with Crippen LogP contribution in [-0.4, -0.2) is 25.8 Å². The van der Waals surface area contributed by atoms with E-state index < -0.39 is 10.0 Å². The molecule has 0 aliphatic rings. The predicted octanol–water partition coefficient (Wildman–Crippen LogP) is 3.54. The normalized spacial score (nSPS) is 11.9. The fourth-order valence-electron chi connectivity index (χ4n) is 2.46. The van der Waals surface area contributed by atoms with E-state index >= 15 is 0 Å². The Morgan fingerprint density at radius 3 is 2.35 bits per heavy atom. The highest BCUT2D eigenvalue weighted by atomic mass is 32.2. The van der Waals surface area contributed by atoms with E-state index in [9.17, 15) is 8.42 Å². The minimum atomic E-state index is -3.46. The molecule has 0 fully saturated rings. The van der Waals surface area contributed by atoms with Gasteiger partial charge in [0.25, 0.3) is 0 Å². The molecule has 0 aliphatic heterocycles. The number of furan rings is 1. The van der Waals surface area contributed by atoms with Crippen molar-refractivity contribution in [2.24, 2.45) is 0 Å². The molecule has 0 bridgehead atoms. The quantitative estimate of drug-likeness (QED) is 0.840. The lowest BCUT2D eigenvalue weighted by atomic mass is 10.2. The van der Waals surface area contributed by atoms with Crippen molar-refractivity contribution in [2.75, 3.05) is 18.4 Å². The summed E-state index contributed by atoms with van der Waals surface area (Å²) in [7, 11) is -3.46. The van der Waals surface area contributed by atoms with Gasteiger partial charge in [-0.1, -0.05) is 19.9 Å². The van der Waals surface area contributed by atoms with Gasteiger partial charge in [0.2, 0.25) is 10.0 Å². The molecule has 2 aromatic rings. The van der Waals surface area contributed by atoms with E-state index in [1.165, 1.54) is 4.31 Å². The number of anilines is 1. The van der Waals surface area contributed by atoms with Crippen molar-refractivity contribution in [3.8, 4) is 0 Å². The third-order valence-electron chi connectivity index (χ3n) is 3.77. The fraction of sp³-hybridized carbons (Fsp3) is 0.412. The van der Waals surface area contributed by atoms with Crippen LogP contribution in [0, 0.1) is 13.8 Å². The lowest BCUT2D eigenvalue weighted by molar-refractivity contribution is 0.445. The van der Waals surface area contributed by atoms with Crippen LogP contribution in [0.2, 0.25) is 0 Å². The number of hydrogen-bond donors (Lipinski definition) is 1. The first kappa shape index (κ1) is 17.6. The van der Waals surface area contributed by atoms with Crippen molar-refractivity contribution in [3.05, 3.63) is 47.4 Å². The van der Waals surface area contributed by atoms with E-state index in [0.717, 1.165) is 22.8 Å². The van der Waals surface area contributed by atoms with Gasteiger partial charge in [-0.2, -0.15) is 4.31 Å². The SMILES string of the molecule is CCN(CC)S(=O)(=O)c1cc(NCc2ccc(C)o2)ccc1C. The Morgan fingerprint density at radius 1 is 1.09 bits per heavy atom. The molecule has 0 radical (unpaired) electrons. The van der Waals surface area contributed by atoms with E-state index in [0.29, 0.717) is 24.5 Å². The van der Waals surface area contributed by atoms with Gasteiger partial charge in [-0.3, -0.25) is 0 Å². The Kier molecular flexibility index (Phi) is 5.49. The molecular formula is C17H24N2O3S. The number of rotatable bonds is 7. The molecule has 5 nitrogen and oxygen atoms in total. The number of hydrogen-bond acceptors (Lipinski definition) is 4. The average molecular weight is 336 g/mol. The van der Waals surface area contributed by atoms with Gasteiger partial charge in [-0.25, -0.2) is 8.42 Å². The first-order valence-corrected chi connectivity index (χ1v) is 9.22. The predicted molar refractivity (Wildman–Crippen MR) is 92.1 cm³/mol. The van der Waals surface area contributed by atoms with Gasteiger partial charge in [-0.15, -0.1) is 0 Å². The lowest BCUT2D eigenvalue weighted by Gasteiger charge is -2.20. The lowest BCUT2D eigenvalue weighted by Crippen LogP contribution is -2.31. The molecule has 0 unspecified atom stereocenters. The molecule has 0 aliphatic carbocycles. The van der Waals surface area contributed by atoms with Gasteiger partial charge in [-0.05, 0) is 43.7 Å². The van der Waals surface area contributed by atoms with Crippen LogP contribution in [0.4, 0.5) is 5.69 Å². The van der Waals surface area contributed by atoms with Crippen LogP contribution in [0.3, 0.4) is 0 Å². The Bertz CT molecular complexity index is 762. The molecule has 126 valence electrons. The van der Waals surface area contributed by atoms with Crippen LogP contribution in [0.25, 0.3) is 0 Å². The average Bonchev–Trinajstić information content (AvgIpc) is 2.93. The first-order valence-electron chi connectivity index (χ1n) is 7.78. The molecule has 6 heteroatoms.